The van der Waals surface area contributed by atoms with Crippen LogP contribution >= 0.6 is 0 Å². The molecule has 1 fully saturated rings. The number of hydrogen-bond donors (Lipinski definition) is 2. The first kappa shape index (κ1) is 21.3. The maximum atomic E-state index is 6.07. The average molecular weight is 401 g/mol. The van der Waals surface area contributed by atoms with Crippen LogP contribution in [0.5, 0.6) is 0 Å². The third-order valence-corrected chi connectivity index (χ3v) is 4.96. The molecule has 0 bridgehead atoms. The fraction of sp³-hybridized carbons (Fsp3) is 0.571. The van der Waals surface area contributed by atoms with Crippen molar-refractivity contribution in [3.8, 4) is 0 Å². The van der Waals surface area contributed by atoms with Crippen LogP contribution in [0.2, 0.25) is 0 Å². The molecule has 0 amide bonds. The van der Waals surface area contributed by atoms with Gasteiger partial charge in [0.25, 0.3) is 0 Å². The molecule has 2 heterocycles. The predicted octanol–water partition coefficient (Wildman–Crippen LogP) is 2.11. The molecule has 158 valence electrons. The lowest BCUT2D eigenvalue weighted by Gasteiger charge is -2.32. The lowest BCUT2D eigenvalue weighted by atomic mass is 10.1. The third kappa shape index (κ3) is 7.47. The maximum Gasteiger partial charge on any atom is 0.223 e. The number of nitrogens with zero attached hydrogens (tertiary/aromatic N) is 4. The number of rotatable bonds is 9. The van der Waals surface area contributed by atoms with Gasteiger partial charge in [0.1, 0.15) is 0 Å². The number of aryl methyl sites for hydroxylation is 1. The van der Waals surface area contributed by atoms with Crippen molar-refractivity contribution in [2.45, 2.75) is 45.4 Å². The molecule has 0 radical (unpaired) electrons. The molecule has 1 aromatic carbocycles. The molecule has 1 aromatic heterocycles. The fourth-order valence-electron chi connectivity index (χ4n) is 3.40. The Morgan fingerprint density at radius 2 is 2.03 bits per heavy atom. The quantitative estimate of drug-likeness (QED) is 0.379. The highest BCUT2D eigenvalue weighted by Gasteiger charge is 2.19. The summed E-state index contributed by atoms with van der Waals surface area (Å²) in [5.74, 6) is 1.90. The first-order valence-electron chi connectivity index (χ1n) is 10.3. The summed E-state index contributed by atoms with van der Waals surface area (Å²) in [4.78, 5) is 10.9. The average Bonchev–Trinajstić information content (AvgIpc) is 3.17. The number of guanidine groups is 1. The Hall–Kier alpha value is -2.45. The van der Waals surface area contributed by atoms with Crippen molar-refractivity contribution in [1.82, 2.24) is 25.7 Å². The smallest absolute Gasteiger partial charge is 0.223 e. The largest absolute Gasteiger partial charge is 0.378 e. The zero-order chi connectivity index (χ0) is 20.3. The summed E-state index contributed by atoms with van der Waals surface area (Å²) < 4.78 is 11.0. The molecule has 3 rings (SSSR count). The Morgan fingerprint density at radius 1 is 1.24 bits per heavy atom. The van der Waals surface area contributed by atoms with E-state index >= 15 is 0 Å². The number of hydrogen-bond acceptors (Lipinski definition) is 6. The highest BCUT2D eigenvalue weighted by atomic mass is 16.5. The van der Waals surface area contributed by atoms with Gasteiger partial charge in [-0.15, -0.1) is 0 Å². The van der Waals surface area contributed by atoms with Crippen molar-refractivity contribution < 1.29 is 9.26 Å². The van der Waals surface area contributed by atoms with Crippen LogP contribution in [0.3, 0.4) is 0 Å². The molecule has 0 saturated carbocycles. The Balaban J connectivity index is 1.23. The first-order chi connectivity index (χ1) is 14.2. The van der Waals surface area contributed by atoms with E-state index in [1.54, 1.807) is 14.0 Å². The van der Waals surface area contributed by atoms with Crippen LogP contribution in [-0.4, -0.2) is 60.4 Å². The summed E-state index contributed by atoms with van der Waals surface area (Å²) in [6.07, 6.45) is 3.52. The monoisotopic (exact) mass is 400 g/mol. The molecule has 0 spiro atoms. The van der Waals surface area contributed by atoms with E-state index < -0.39 is 0 Å². The van der Waals surface area contributed by atoms with Gasteiger partial charge in [-0.2, -0.15) is 4.98 Å². The van der Waals surface area contributed by atoms with Gasteiger partial charge in [-0.3, -0.25) is 9.89 Å². The SMILES string of the molecule is CN=C(NCCCOC1CCN(Cc2ccccc2)CC1)NCc1noc(C)n1. The van der Waals surface area contributed by atoms with Gasteiger partial charge in [0.2, 0.25) is 5.89 Å². The first-order valence-corrected chi connectivity index (χ1v) is 10.3. The van der Waals surface area contributed by atoms with Crippen molar-refractivity contribution >= 4 is 5.96 Å². The van der Waals surface area contributed by atoms with Crippen molar-refractivity contribution in [2.24, 2.45) is 4.99 Å². The molecule has 2 aromatic rings. The lowest BCUT2D eigenvalue weighted by molar-refractivity contribution is 0.00534. The van der Waals surface area contributed by atoms with E-state index in [0.717, 1.165) is 58.0 Å². The lowest BCUT2D eigenvalue weighted by Crippen LogP contribution is -2.38. The Kier molecular flexibility index (Phi) is 8.45. The number of likely N-dealkylation sites (tertiary alicyclic amines) is 1. The van der Waals surface area contributed by atoms with Crippen LogP contribution in [0.4, 0.5) is 0 Å². The Bertz CT molecular complexity index is 741. The van der Waals surface area contributed by atoms with Crippen LogP contribution in [0, 0.1) is 6.92 Å². The van der Waals surface area contributed by atoms with Crippen molar-refractivity contribution in [3.63, 3.8) is 0 Å². The molecule has 8 heteroatoms. The zero-order valence-electron chi connectivity index (χ0n) is 17.4. The Morgan fingerprint density at radius 3 is 2.72 bits per heavy atom. The van der Waals surface area contributed by atoms with Crippen molar-refractivity contribution in [2.75, 3.05) is 33.3 Å². The highest BCUT2D eigenvalue weighted by Crippen LogP contribution is 2.16. The number of ether oxygens (including phenoxy) is 1. The maximum absolute atomic E-state index is 6.07. The minimum absolute atomic E-state index is 0.376. The molecular formula is C21H32N6O2. The number of aliphatic imine (C=N–C) groups is 1. The van der Waals surface area contributed by atoms with Crippen molar-refractivity contribution in [3.05, 3.63) is 47.6 Å². The molecule has 0 aliphatic carbocycles. The van der Waals surface area contributed by atoms with Crippen LogP contribution < -0.4 is 10.6 Å². The van der Waals surface area contributed by atoms with Gasteiger partial charge in [0.05, 0.1) is 12.6 Å². The molecular weight excluding hydrogens is 368 g/mol. The molecule has 8 nitrogen and oxygen atoms in total. The van der Waals surface area contributed by atoms with Crippen LogP contribution in [-0.2, 0) is 17.8 Å². The summed E-state index contributed by atoms with van der Waals surface area (Å²) in [7, 11) is 1.75. The topological polar surface area (TPSA) is 87.8 Å². The molecule has 29 heavy (non-hydrogen) atoms. The second-order valence-corrected chi connectivity index (χ2v) is 7.27. The van der Waals surface area contributed by atoms with Crippen LogP contribution in [0.15, 0.2) is 39.8 Å². The van der Waals surface area contributed by atoms with Gasteiger partial charge >= 0.3 is 0 Å². The number of aromatic nitrogens is 2. The van der Waals surface area contributed by atoms with Gasteiger partial charge in [0, 0.05) is 46.8 Å². The molecule has 2 N–H and O–H groups in total. The zero-order valence-corrected chi connectivity index (χ0v) is 17.4. The standard InChI is InChI=1S/C21H32N6O2/c1-17-25-20(26-29-17)15-24-21(22-2)23-11-6-14-28-19-9-12-27(13-10-19)16-18-7-4-3-5-8-18/h3-5,7-8,19H,6,9-16H2,1-2H3,(H2,22,23,24). The summed E-state index contributed by atoms with van der Waals surface area (Å²) in [6, 6.07) is 10.7. The summed E-state index contributed by atoms with van der Waals surface area (Å²) in [6.45, 7) is 7.06. The van der Waals surface area contributed by atoms with Gasteiger partial charge in [0.15, 0.2) is 11.8 Å². The van der Waals surface area contributed by atoms with Crippen LogP contribution in [0.25, 0.3) is 0 Å². The second kappa shape index (κ2) is 11.5. The van der Waals surface area contributed by atoms with E-state index in [-0.39, 0.29) is 0 Å². The van der Waals surface area contributed by atoms with Gasteiger partial charge in [-0.25, -0.2) is 0 Å². The second-order valence-electron chi connectivity index (χ2n) is 7.27. The van der Waals surface area contributed by atoms with E-state index in [4.69, 9.17) is 9.26 Å². The highest BCUT2D eigenvalue weighted by molar-refractivity contribution is 5.79. The minimum atomic E-state index is 0.376. The van der Waals surface area contributed by atoms with E-state index in [2.05, 4.69) is 61.0 Å². The normalized spacial score (nSPS) is 16.1. The number of benzene rings is 1. The predicted molar refractivity (Wildman–Crippen MR) is 113 cm³/mol. The summed E-state index contributed by atoms with van der Waals surface area (Å²) in [5, 5.41) is 10.3. The van der Waals surface area contributed by atoms with Crippen molar-refractivity contribution in [1.29, 1.82) is 0 Å². The van der Waals surface area contributed by atoms with E-state index in [1.165, 1.54) is 5.56 Å². The molecule has 1 aliphatic rings. The van der Waals surface area contributed by atoms with Gasteiger partial charge in [-0.1, -0.05) is 35.5 Å². The minimum Gasteiger partial charge on any atom is -0.378 e. The van der Waals surface area contributed by atoms with E-state index in [0.29, 0.717) is 24.4 Å². The molecule has 0 unspecified atom stereocenters. The van der Waals surface area contributed by atoms with Gasteiger partial charge in [-0.05, 0) is 24.8 Å². The van der Waals surface area contributed by atoms with E-state index in [9.17, 15) is 0 Å². The Labute approximate surface area is 172 Å². The van der Waals surface area contributed by atoms with E-state index in [1.807, 2.05) is 0 Å². The molecule has 1 aliphatic heterocycles. The summed E-state index contributed by atoms with van der Waals surface area (Å²) in [5.41, 5.74) is 1.38. The van der Waals surface area contributed by atoms with Gasteiger partial charge < -0.3 is 19.9 Å². The third-order valence-electron chi connectivity index (χ3n) is 4.96. The van der Waals surface area contributed by atoms with Crippen LogP contribution in [0.1, 0.15) is 36.5 Å². The number of piperidine rings is 1. The summed E-state index contributed by atoms with van der Waals surface area (Å²) >= 11 is 0. The fourth-order valence-corrected chi connectivity index (χ4v) is 3.40. The number of nitrogens with one attached hydrogen (secondary N) is 2. The molecule has 0 atom stereocenters. The molecule has 1 saturated heterocycles.